The highest BCUT2D eigenvalue weighted by molar-refractivity contribution is 5.80. The number of rotatable bonds is 6. The van der Waals surface area contributed by atoms with Gasteiger partial charge in [0.2, 0.25) is 5.95 Å². The van der Waals surface area contributed by atoms with Gasteiger partial charge in [-0.3, -0.25) is 9.20 Å². The first kappa shape index (κ1) is 24.6. The summed E-state index contributed by atoms with van der Waals surface area (Å²) in [6.07, 6.45) is 5.74. The minimum Gasteiger partial charge on any atom is -0.495 e. The van der Waals surface area contributed by atoms with Crippen LogP contribution in [-0.2, 0) is 4.79 Å². The van der Waals surface area contributed by atoms with E-state index in [1.54, 1.807) is 41.1 Å². The molecule has 0 radical (unpaired) electrons. The molecule has 37 heavy (non-hydrogen) atoms. The summed E-state index contributed by atoms with van der Waals surface area (Å²) >= 11 is 0. The van der Waals surface area contributed by atoms with Gasteiger partial charge in [0.25, 0.3) is 5.91 Å². The number of hydrogen-bond donors (Lipinski definition) is 2. The molecule has 1 aliphatic heterocycles. The quantitative estimate of drug-likeness (QED) is 0.408. The maximum absolute atomic E-state index is 14.1. The number of carbonyl (C=O) groups excluding carboxylic acids is 1. The van der Waals surface area contributed by atoms with Gasteiger partial charge in [0.05, 0.1) is 30.4 Å². The van der Waals surface area contributed by atoms with Crippen LogP contribution in [0.5, 0.6) is 5.75 Å². The fourth-order valence-corrected chi connectivity index (χ4v) is 4.80. The zero-order chi connectivity index (χ0) is 26.1. The number of methoxy groups -OCH3 is 1. The number of piperidine rings is 1. The van der Waals surface area contributed by atoms with Gasteiger partial charge in [-0.15, -0.1) is 0 Å². The Kier molecular flexibility index (Phi) is 6.75. The lowest BCUT2D eigenvalue weighted by atomic mass is 9.89. The Morgan fingerprint density at radius 3 is 2.73 bits per heavy atom. The number of aliphatic hydroxyl groups is 1. The van der Waals surface area contributed by atoms with Crippen molar-refractivity contribution >= 4 is 23.2 Å². The van der Waals surface area contributed by atoms with Gasteiger partial charge in [-0.2, -0.15) is 0 Å². The molecular weight excluding hydrogens is 475 g/mol. The van der Waals surface area contributed by atoms with Crippen LogP contribution in [0.4, 0.5) is 16.0 Å². The Balaban J connectivity index is 1.36. The minimum absolute atomic E-state index is 0.220. The molecule has 0 saturated carbocycles. The van der Waals surface area contributed by atoms with Gasteiger partial charge in [-0.1, -0.05) is 6.07 Å². The standard InChI is InChI=1S/C27H29FN6O3/c1-16-14-30-27(32-24(16)22-15-29-25-20(28)5-4-10-34(22)25)31-21-7-6-19(13-23(21)37-3)18-8-11-33(12-9-18)26(36)17(2)35/h4-7,10,13-15,17-18,35H,8-9,11-12H2,1-3H3,(H,30,31,32)/t17-/m1/s1. The van der Waals surface area contributed by atoms with Crippen molar-refractivity contribution in [2.75, 3.05) is 25.5 Å². The molecule has 0 bridgehead atoms. The van der Waals surface area contributed by atoms with Gasteiger partial charge < -0.3 is 20.1 Å². The fraction of sp³-hybridized carbons (Fsp3) is 0.333. The number of aromatic nitrogens is 4. The molecule has 2 N–H and O–H groups in total. The topological polar surface area (TPSA) is 105 Å². The maximum Gasteiger partial charge on any atom is 0.251 e. The summed E-state index contributed by atoms with van der Waals surface area (Å²) in [5.74, 6) is 0.704. The summed E-state index contributed by atoms with van der Waals surface area (Å²) < 4.78 is 21.5. The number of fused-ring (bicyclic) bond motifs is 1. The second-order valence-electron chi connectivity index (χ2n) is 9.28. The Labute approximate surface area is 214 Å². The monoisotopic (exact) mass is 504 g/mol. The smallest absolute Gasteiger partial charge is 0.251 e. The second kappa shape index (κ2) is 10.1. The van der Waals surface area contributed by atoms with Gasteiger partial charge in [-0.25, -0.2) is 19.3 Å². The van der Waals surface area contributed by atoms with Crippen LogP contribution in [0.1, 0.15) is 36.8 Å². The fourth-order valence-electron chi connectivity index (χ4n) is 4.80. The van der Waals surface area contributed by atoms with Crippen molar-refractivity contribution in [2.24, 2.45) is 0 Å². The number of hydrogen-bond acceptors (Lipinski definition) is 7. The summed E-state index contributed by atoms with van der Waals surface area (Å²) in [6, 6.07) is 8.99. The van der Waals surface area contributed by atoms with Crippen molar-refractivity contribution in [1.29, 1.82) is 0 Å². The number of aryl methyl sites for hydroxylation is 1. The average molecular weight is 505 g/mol. The first-order valence-electron chi connectivity index (χ1n) is 12.2. The number of amides is 1. The lowest BCUT2D eigenvalue weighted by molar-refractivity contribution is -0.140. The van der Waals surface area contributed by atoms with E-state index >= 15 is 0 Å². The van der Waals surface area contributed by atoms with Crippen molar-refractivity contribution in [3.05, 3.63) is 65.9 Å². The lowest BCUT2D eigenvalue weighted by Gasteiger charge is -2.33. The molecule has 0 unspecified atom stereocenters. The number of imidazole rings is 1. The minimum atomic E-state index is -0.972. The molecule has 5 rings (SSSR count). The number of ether oxygens (including phenoxy) is 1. The van der Waals surface area contributed by atoms with E-state index in [9.17, 15) is 14.3 Å². The van der Waals surface area contributed by atoms with E-state index in [1.165, 1.54) is 13.0 Å². The number of halogens is 1. The third kappa shape index (κ3) is 4.84. The highest BCUT2D eigenvalue weighted by Crippen LogP contribution is 2.35. The number of benzene rings is 1. The van der Waals surface area contributed by atoms with Crippen LogP contribution < -0.4 is 10.1 Å². The van der Waals surface area contributed by atoms with Gasteiger partial charge in [0.15, 0.2) is 11.5 Å². The molecule has 1 amide bonds. The van der Waals surface area contributed by atoms with E-state index in [0.29, 0.717) is 47.8 Å². The number of nitrogens with zero attached hydrogens (tertiary/aromatic N) is 5. The lowest BCUT2D eigenvalue weighted by Crippen LogP contribution is -2.42. The molecule has 1 aliphatic rings. The molecule has 1 fully saturated rings. The molecule has 1 atom stereocenters. The van der Waals surface area contributed by atoms with Crippen LogP contribution in [-0.4, -0.2) is 61.6 Å². The molecular formula is C27H29FN6O3. The van der Waals surface area contributed by atoms with E-state index in [-0.39, 0.29) is 11.6 Å². The molecule has 10 heteroatoms. The molecule has 0 spiro atoms. The Hall–Kier alpha value is -4.05. The van der Waals surface area contributed by atoms with E-state index in [0.717, 1.165) is 24.0 Å². The number of pyridine rings is 1. The van der Waals surface area contributed by atoms with E-state index in [2.05, 4.69) is 15.3 Å². The van der Waals surface area contributed by atoms with E-state index in [1.807, 2.05) is 25.1 Å². The van der Waals surface area contributed by atoms with Crippen LogP contribution in [0.2, 0.25) is 0 Å². The van der Waals surface area contributed by atoms with Gasteiger partial charge in [-0.05, 0) is 68.0 Å². The largest absolute Gasteiger partial charge is 0.495 e. The van der Waals surface area contributed by atoms with E-state index < -0.39 is 11.9 Å². The van der Waals surface area contributed by atoms with Crippen molar-refractivity contribution in [3.63, 3.8) is 0 Å². The second-order valence-corrected chi connectivity index (χ2v) is 9.28. The normalized spacial score (nSPS) is 15.1. The zero-order valence-corrected chi connectivity index (χ0v) is 21.0. The summed E-state index contributed by atoms with van der Waals surface area (Å²) in [4.78, 5) is 27.1. The SMILES string of the molecule is COc1cc(C2CCN(C(=O)[C@@H](C)O)CC2)ccc1Nc1ncc(C)c(-c2cnc3c(F)cccn23)n1. The predicted molar refractivity (Wildman–Crippen MR) is 137 cm³/mol. The molecule has 0 aliphatic carbocycles. The van der Waals surface area contributed by atoms with Crippen molar-refractivity contribution in [2.45, 2.75) is 38.7 Å². The summed E-state index contributed by atoms with van der Waals surface area (Å²) in [6.45, 7) is 4.63. The van der Waals surface area contributed by atoms with E-state index in [4.69, 9.17) is 9.72 Å². The van der Waals surface area contributed by atoms with Gasteiger partial charge in [0.1, 0.15) is 11.9 Å². The summed E-state index contributed by atoms with van der Waals surface area (Å²) in [7, 11) is 1.61. The maximum atomic E-state index is 14.1. The molecule has 4 heterocycles. The van der Waals surface area contributed by atoms with Crippen molar-refractivity contribution < 1.29 is 19.0 Å². The zero-order valence-electron chi connectivity index (χ0n) is 21.0. The first-order valence-corrected chi connectivity index (χ1v) is 12.2. The third-order valence-corrected chi connectivity index (χ3v) is 6.81. The Morgan fingerprint density at radius 2 is 2.00 bits per heavy atom. The molecule has 1 saturated heterocycles. The number of aliphatic hydroxyl groups excluding tert-OH is 1. The highest BCUT2D eigenvalue weighted by Gasteiger charge is 2.26. The number of nitrogens with one attached hydrogen (secondary N) is 1. The van der Waals surface area contributed by atoms with Crippen LogP contribution in [0.15, 0.2) is 48.9 Å². The summed E-state index contributed by atoms with van der Waals surface area (Å²) in [5.41, 5.74) is 4.23. The van der Waals surface area contributed by atoms with Gasteiger partial charge in [0, 0.05) is 25.5 Å². The Morgan fingerprint density at radius 1 is 1.22 bits per heavy atom. The molecule has 1 aromatic carbocycles. The van der Waals surface area contributed by atoms with Crippen LogP contribution in [0, 0.1) is 12.7 Å². The highest BCUT2D eigenvalue weighted by atomic mass is 19.1. The first-order chi connectivity index (χ1) is 17.9. The average Bonchev–Trinajstić information content (AvgIpc) is 3.35. The van der Waals surface area contributed by atoms with Crippen LogP contribution >= 0.6 is 0 Å². The molecule has 9 nitrogen and oxygen atoms in total. The van der Waals surface area contributed by atoms with Crippen LogP contribution in [0.3, 0.4) is 0 Å². The molecule has 3 aromatic heterocycles. The van der Waals surface area contributed by atoms with Gasteiger partial charge >= 0.3 is 0 Å². The number of carbonyl (C=O) groups is 1. The summed E-state index contributed by atoms with van der Waals surface area (Å²) in [5, 5.41) is 12.8. The predicted octanol–water partition coefficient (Wildman–Crippen LogP) is 4.08. The third-order valence-electron chi connectivity index (χ3n) is 6.81. The van der Waals surface area contributed by atoms with Crippen LogP contribution in [0.25, 0.3) is 17.0 Å². The van der Waals surface area contributed by atoms with Crippen molar-refractivity contribution in [3.8, 4) is 17.1 Å². The Bertz CT molecular complexity index is 1450. The molecule has 4 aromatic rings. The number of anilines is 2. The number of likely N-dealkylation sites (tertiary alicyclic amines) is 1. The molecule has 192 valence electrons. The van der Waals surface area contributed by atoms with Crippen molar-refractivity contribution in [1.82, 2.24) is 24.3 Å².